The van der Waals surface area contributed by atoms with E-state index in [1.807, 2.05) is 0 Å². The average molecular weight is 232 g/mol. The van der Waals surface area contributed by atoms with E-state index in [1.54, 1.807) is 0 Å². The van der Waals surface area contributed by atoms with Crippen molar-refractivity contribution in [2.24, 2.45) is 5.84 Å². The third-order valence-electron chi connectivity index (χ3n) is 4.13. The van der Waals surface area contributed by atoms with Crippen LogP contribution in [0.2, 0.25) is 0 Å². The Labute approximate surface area is 102 Å². The Hall–Kier alpha value is -0.900. The Morgan fingerprint density at radius 3 is 3.00 bits per heavy atom. The fourth-order valence-electron chi connectivity index (χ4n) is 3.13. The summed E-state index contributed by atoms with van der Waals surface area (Å²) in [6, 6.07) is 9.02. The predicted octanol–water partition coefficient (Wildman–Crippen LogP) is 1.73. The first-order valence-corrected chi connectivity index (χ1v) is 6.54. The smallest absolute Gasteiger partial charge is 0.0742 e. The van der Waals surface area contributed by atoms with Gasteiger partial charge in [-0.3, -0.25) is 11.3 Å². The third-order valence-corrected chi connectivity index (χ3v) is 4.13. The number of fused-ring (bicyclic) bond motifs is 1. The van der Waals surface area contributed by atoms with Gasteiger partial charge in [0.2, 0.25) is 0 Å². The first-order chi connectivity index (χ1) is 8.38. The van der Waals surface area contributed by atoms with Crippen molar-refractivity contribution in [3.63, 3.8) is 0 Å². The van der Waals surface area contributed by atoms with Gasteiger partial charge in [-0.25, -0.2) is 0 Å². The van der Waals surface area contributed by atoms with Gasteiger partial charge in [0.25, 0.3) is 0 Å². The molecule has 3 atom stereocenters. The van der Waals surface area contributed by atoms with Crippen LogP contribution < -0.4 is 11.3 Å². The molecule has 1 aromatic carbocycles. The summed E-state index contributed by atoms with van der Waals surface area (Å²) in [5, 5.41) is 0. The Morgan fingerprint density at radius 1 is 1.41 bits per heavy atom. The van der Waals surface area contributed by atoms with Gasteiger partial charge in [0.05, 0.1) is 6.10 Å². The summed E-state index contributed by atoms with van der Waals surface area (Å²) in [6.45, 7) is 0.893. The van der Waals surface area contributed by atoms with Crippen molar-refractivity contribution in [2.45, 2.75) is 43.7 Å². The number of ether oxygens (including phenoxy) is 1. The molecule has 1 fully saturated rings. The number of nitrogens with one attached hydrogen (secondary N) is 1. The van der Waals surface area contributed by atoms with Gasteiger partial charge in [-0.15, -0.1) is 0 Å². The number of hydrogen-bond acceptors (Lipinski definition) is 3. The van der Waals surface area contributed by atoms with Crippen molar-refractivity contribution in [3.8, 4) is 0 Å². The van der Waals surface area contributed by atoms with Gasteiger partial charge in [-0.1, -0.05) is 24.3 Å². The van der Waals surface area contributed by atoms with Crippen LogP contribution in [-0.2, 0) is 11.2 Å². The maximum atomic E-state index is 5.72. The molecule has 3 nitrogen and oxygen atoms in total. The van der Waals surface area contributed by atoms with E-state index in [9.17, 15) is 0 Å². The first kappa shape index (κ1) is 11.2. The molecule has 1 aliphatic carbocycles. The fourth-order valence-corrected chi connectivity index (χ4v) is 3.13. The maximum absolute atomic E-state index is 5.72. The molecule has 0 aromatic heterocycles. The van der Waals surface area contributed by atoms with E-state index >= 15 is 0 Å². The highest BCUT2D eigenvalue weighted by atomic mass is 16.5. The van der Waals surface area contributed by atoms with Crippen LogP contribution in [0.1, 0.15) is 36.3 Å². The zero-order chi connectivity index (χ0) is 11.7. The number of nitrogens with two attached hydrogens (primary N) is 1. The molecule has 0 bridgehead atoms. The molecule has 3 heteroatoms. The second-order valence-corrected chi connectivity index (χ2v) is 5.16. The summed E-state index contributed by atoms with van der Waals surface area (Å²) in [7, 11) is 0. The van der Waals surface area contributed by atoms with Crippen LogP contribution in [0.3, 0.4) is 0 Å². The van der Waals surface area contributed by atoms with Gasteiger partial charge in [-0.2, -0.15) is 0 Å². The molecule has 1 aliphatic heterocycles. The molecule has 1 heterocycles. The topological polar surface area (TPSA) is 47.3 Å². The normalized spacial score (nSPS) is 28.5. The molecule has 17 heavy (non-hydrogen) atoms. The molecule has 3 unspecified atom stereocenters. The summed E-state index contributed by atoms with van der Waals surface area (Å²) >= 11 is 0. The van der Waals surface area contributed by atoms with Crippen molar-refractivity contribution in [2.75, 3.05) is 6.61 Å². The predicted molar refractivity (Wildman–Crippen MR) is 67.6 cm³/mol. The van der Waals surface area contributed by atoms with Crippen LogP contribution in [0.5, 0.6) is 0 Å². The van der Waals surface area contributed by atoms with Gasteiger partial charge in [-0.05, 0) is 42.7 Å². The zero-order valence-corrected chi connectivity index (χ0v) is 10.1. The molecule has 3 rings (SSSR count). The Bertz CT molecular complexity index is 388. The summed E-state index contributed by atoms with van der Waals surface area (Å²) in [6.07, 6.45) is 4.92. The minimum Gasteiger partial charge on any atom is -0.377 e. The average Bonchev–Trinajstić information content (AvgIpc) is 2.84. The monoisotopic (exact) mass is 232 g/mol. The van der Waals surface area contributed by atoms with E-state index in [1.165, 1.54) is 24.0 Å². The minimum absolute atomic E-state index is 0.302. The lowest BCUT2D eigenvalue weighted by molar-refractivity contribution is 0.0723. The number of benzene rings is 1. The van der Waals surface area contributed by atoms with E-state index in [0.29, 0.717) is 18.1 Å². The number of rotatable bonds is 4. The lowest BCUT2D eigenvalue weighted by Crippen LogP contribution is -2.45. The van der Waals surface area contributed by atoms with Crippen LogP contribution in [-0.4, -0.2) is 18.8 Å². The van der Waals surface area contributed by atoms with Crippen molar-refractivity contribution >= 4 is 0 Å². The summed E-state index contributed by atoms with van der Waals surface area (Å²) in [5.41, 5.74) is 5.95. The van der Waals surface area contributed by atoms with Gasteiger partial charge in [0.1, 0.15) is 0 Å². The highest BCUT2D eigenvalue weighted by molar-refractivity contribution is 5.39. The molecular formula is C14H20N2O. The summed E-state index contributed by atoms with van der Waals surface area (Å²) in [4.78, 5) is 0. The number of hydrogen-bond donors (Lipinski definition) is 2. The van der Waals surface area contributed by atoms with Gasteiger partial charge >= 0.3 is 0 Å². The zero-order valence-electron chi connectivity index (χ0n) is 10.1. The molecule has 92 valence electrons. The van der Waals surface area contributed by atoms with Gasteiger partial charge in [0.15, 0.2) is 0 Å². The van der Waals surface area contributed by atoms with Crippen molar-refractivity contribution < 1.29 is 4.74 Å². The van der Waals surface area contributed by atoms with Crippen LogP contribution in [0.15, 0.2) is 24.3 Å². The molecule has 0 saturated carbocycles. The second-order valence-electron chi connectivity index (χ2n) is 5.16. The highest BCUT2D eigenvalue weighted by Crippen LogP contribution is 2.39. The van der Waals surface area contributed by atoms with E-state index in [-0.39, 0.29) is 0 Å². The summed E-state index contributed by atoms with van der Waals surface area (Å²) < 4.78 is 5.72. The SMILES string of the molecule is NNC(CC1Cc2ccccc21)C1CCCO1. The lowest BCUT2D eigenvalue weighted by atomic mass is 9.74. The number of hydrazine groups is 1. The van der Waals surface area contributed by atoms with Crippen LogP contribution in [0.4, 0.5) is 0 Å². The van der Waals surface area contributed by atoms with E-state index in [0.717, 1.165) is 19.4 Å². The Morgan fingerprint density at radius 2 is 2.29 bits per heavy atom. The summed E-state index contributed by atoms with van der Waals surface area (Å²) in [5.74, 6) is 6.33. The Kier molecular flexibility index (Phi) is 3.14. The maximum Gasteiger partial charge on any atom is 0.0742 e. The van der Waals surface area contributed by atoms with Crippen LogP contribution >= 0.6 is 0 Å². The van der Waals surface area contributed by atoms with Crippen LogP contribution in [0.25, 0.3) is 0 Å². The van der Waals surface area contributed by atoms with Crippen LogP contribution in [0, 0.1) is 0 Å². The van der Waals surface area contributed by atoms with Crippen molar-refractivity contribution in [3.05, 3.63) is 35.4 Å². The highest BCUT2D eigenvalue weighted by Gasteiger charge is 2.32. The second kappa shape index (κ2) is 4.77. The lowest BCUT2D eigenvalue weighted by Gasteiger charge is -2.34. The third kappa shape index (κ3) is 2.10. The van der Waals surface area contributed by atoms with Gasteiger partial charge < -0.3 is 4.74 Å². The molecule has 3 N–H and O–H groups in total. The van der Waals surface area contributed by atoms with E-state index in [4.69, 9.17) is 10.6 Å². The first-order valence-electron chi connectivity index (χ1n) is 6.54. The Balaban J connectivity index is 1.63. The molecule has 0 radical (unpaired) electrons. The van der Waals surface area contributed by atoms with Gasteiger partial charge in [0, 0.05) is 12.6 Å². The van der Waals surface area contributed by atoms with E-state index < -0.39 is 0 Å². The van der Waals surface area contributed by atoms with E-state index in [2.05, 4.69) is 29.7 Å². The molecule has 1 saturated heterocycles. The molecular weight excluding hydrogens is 212 g/mol. The molecule has 0 spiro atoms. The molecule has 2 aliphatic rings. The minimum atomic E-state index is 0.302. The largest absolute Gasteiger partial charge is 0.377 e. The van der Waals surface area contributed by atoms with Crippen molar-refractivity contribution in [1.82, 2.24) is 5.43 Å². The quantitative estimate of drug-likeness (QED) is 0.614. The molecule has 1 aromatic rings. The fraction of sp³-hybridized carbons (Fsp3) is 0.571. The molecule has 0 amide bonds. The standard InChI is InChI=1S/C14H20N2O/c15-16-13(14-6-3-7-17-14)9-11-8-10-4-1-2-5-12(10)11/h1-2,4-5,11,13-14,16H,3,6-9,15H2. The van der Waals surface area contributed by atoms with Crippen molar-refractivity contribution in [1.29, 1.82) is 0 Å².